The van der Waals surface area contributed by atoms with Gasteiger partial charge in [0.25, 0.3) is 0 Å². The highest BCUT2D eigenvalue weighted by molar-refractivity contribution is 8.00. The average molecular weight is 278 g/mol. The lowest BCUT2D eigenvalue weighted by Gasteiger charge is -2.29. The summed E-state index contributed by atoms with van der Waals surface area (Å²) in [6.45, 7) is 2.83. The summed E-state index contributed by atoms with van der Waals surface area (Å²) in [7, 11) is 0. The molecule has 0 aliphatic carbocycles. The van der Waals surface area contributed by atoms with Gasteiger partial charge in [0.1, 0.15) is 0 Å². The summed E-state index contributed by atoms with van der Waals surface area (Å²) in [5, 5.41) is 0.111. The summed E-state index contributed by atoms with van der Waals surface area (Å²) < 4.78 is 0. The number of amides is 1. The predicted molar refractivity (Wildman–Crippen MR) is 83.6 cm³/mol. The maximum Gasteiger partial charge on any atom is 0.240 e. The Labute approximate surface area is 119 Å². The molecule has 1 amide bonds. The highest BCUT2D eigenvalue weighted by atomic mass is 32.2. The number of carbonyl (C=O) groups is 1. The largest absolute Gasteiger partial charge is 0.397 e. The van der Waals surface area contributed by atoms with Crippen molar-refractivity contribution in [3.05, 3.63) is 24.3 Å². The second kappa shape index (κ2) is 6.85. The van der Waals surface area contributed by atoms with Crippen molar-refractivity contribution in [1.29, 1.82) is 0 Å². The minimum Gasteiger partial charge on any atom is -0.397 e. The van der Waals surface area contributed by atoms with Crippen LogP contribution in [-0.4, -0.2) is 23.5 Å². The van der Waals surface area contributed by atoms with Crippen LogP contribution in [0.25, 0.3) is 0 Å². The molecule has 1 fully saturated rings. The van der Waals surface area contributed by atoms with Crippen LogP contribution in [0, 0.1) is 0 Å². The first-order valence-corrected chi connectivity index (χ1v) is 8.06. The van der Waals surface area contributed by atoms with Gasteiger partial charge in [-0.15, -0.1) is 11.8 Å². The molecule has 1 heterocycles. The first-order valence-electron chi connectivity index (χ1n) is 7.01. The van der Waals surface area contributed by atoms with Crippen LogP contribution in [0.4, 0.5) is 11.4 Å². The van der Waals surface area contributed by atoms with E-state index in [1.165, 1.54) is 6.42 Å². The molecule has 104 valence electrons. The second-order valence-corrected chi connectivity index (χ2v) is 6.21. The third-order valence-corrected chi connectivity index (χ3v) is 4.76. The van der Waals surface area contributed by atoms with Crippen molar-refractivity contribution in [3.8, 4) is 0 Å². The Hall–Kier alpha value is -1.16. The molecule has 1 aliphatic heterocycles. The van der Waals surface area contributed by atoms with Crippen molar-refractivity contribution in [3.63, 3.8) is 0 Å². The number of nitrogens with two attached hydrogens (primary N) is 1. The van der Waals surface area contributed by atoms with Crippen molar-refractivity contribution in [2.24, 2.45) is 0 Å². The molecule has 1 atom stereocenters. The van der Waals surface area contributed by atoms with Gasteiger partial charge in [0, 0.05) is 6.54 Å². The number of thioether (sulfide) groups is 1. The van der Waals surface area contributed by atoms with Crippen molar-refractivity contribution >= 4 is 29.0 Å². The van der Waals surface area contributed by atoms with Crippen LogP contribution < -0.4 is 10.6 Å². The van der Waals surface area contributed by atoms with Gasteiger partial charge in [-0.2, -0.15) is 0 Å². The van der Waals surface area contributed by atoms with Gasteiger partial charge in [0.15, 0.2) is 0 Å². The SMILES string of the molecule is CCCN(C(=O)C1CCCCS1)c1ccccc1N. The number of nitrogens with zero attached hydrogens (tertiary/aromatic N) is 1. The first-order chi connectivity index (χ1) is 9.24. The lowest BCUT2D eigenvalue weighted by atomic mass is 10.1. The van der Waals surface area contributed by atoms with Gasteiger partial charge < -0.3 is 10.6 Å². The molecular weight excluding hydrogens is 256 g/mol. The van der Waals surface area contributed by atoms with E-state index in [1.807, 2.05) is 29.2 Å². The van der Waals surface area contributed by atoms with E-state index in [-0.39, 0.29) is 11.2 Å². The van der Waals surface area contributed by atoms with Crippen LogP contribution in [-0.2, 0) is 4.79 Å². The van der Waals surface area contributed by atoms with E-state index in [1.54, 1.807) is 11.8 Å². The van der Waals surface area contributed by atoms with E-state index in [0.717, 1.165) is 37.2 Å². The van der Waals surface area contributed by atoms with Gasteiger partial charge in [0.2, 0.25) is 5.91 Å². The Morgan fingerprint density at radius 3 is 2.84 bits per heavy atom. The Kier molecular flexibility index (Phi) is 5.14. The maximum atomic E-state index is 12.7. The number of hydrogen-bond donors (Lipinski definition) is 1. The van der Waals surface area contributed by atoms with Crippen molar-refractivity contribution < 1.29 is 4.79 Å². The van der Waals surface area contributed by atoms with Crippen LogP contribution in [0.1, 0.15) is 32.6 Å². The molecule has 3 nitrogen and oxygen atoms in total. The third-order valence-electron chi connectivity index (χ3n) is 3.40. The standard InChI is InChI=1S/C15H22N2OS/c1-2-10-17(13-8-4-3-7-12(13)16)15(18)14-9-5-6-11-19-14/h3-4,7-8,14H,2,5-6,9-11,16H2,1H3. The van der Waals surface area contributed by atoms with Crippen molar-refractivity contribution in [1.82, 2.24) is 0 Å². The van der Waals surface area contributed by atoms with Gasteiger partial charge in [0.05, 0.1) is 16.6 Å². The third kappa shape index (κ3) is 3.44. The van der Waals surface area contributed by atoms with E-state index in [4.69, 9.17) is 5.73 Å². The fourth-order valence-electron chi connectivity index (χ4n) is 2.42. The Morgan fingerprint density at radius 1 is 1.42 bits per heavy atom. The monoisotopic (exact) mass is 278 g/mol. The van der Waals surface area contributed by atoms with Crippen LogP contribution in [0.3, 0.4) is 0 Å². The van der Waals surface area contributed by atoms with E-state index < -0.39 is 0 Å². The Bertz CT molecular complexity index is 430. The van der Waals surface area contributed by atoms with Crippen LogP contribution in [0.2, 0.25) is 0 Å². The molecule has 0 aromatic heterocycles. The number of para-hydroxylation sites is 2. The summed E-state index contributed by atoms with van der Waals surface area (Å²) in [5.41, 5.74) is 7.57. The highest BCUT2D eigenvalue weighted by Crippen LogP contribution is 2.30. The zero-order valence-electron chi connectivity index (χ0n) is 11.5. The Morgan fingerprint density at radius 2 is 2.21 bits per heavy atom. The smallest absolute Gasteiger partial charge is 0.240 e. The maximum absolute atomic E-state index is 12.7. The summed E-state index contributed by atoms with van der Waals surface area (Å²) >= 11 is 1.79. The summed E-state index contributed by atoms with van der Waals surface area (Å²) in [5.74, 6) is 1.32. The van der Waals surface area contributed by atoms with Gasteiger partial charge in [-0.3, -0.25) is 4.79 Å². The van der Waals surface area contributed by atoms with Gasteiger partial charge in [-0.05, 0) is 37.1 Å². The van der Waals surface area contributed by atoms with Crippen LogP contribution in [0.5, 0.6) is 0 Å². The average Bonchev–Trinajstić information content (AvgIpc) is 2.46. The second-order valence-electron chi connectivity index (χ2n) is 4.90. The van der Waals surface area contributed by atoms with Gasteiger partial charge >= 0.3 is 0 Å². The molecule has 2 rings (SSSR count). The number of carbonyl (C=O) groups excluding carboxylic acids is 1. The number of rotatable bonds is 4. The lowest BCUT2D eigenvalue weighted by Crippen LogP contribution is -2.39. The van der Waals surface area contributed by atoms with Crippen LogP contribution in [0.15, 0.2) is 24.3 Å². The van der Waals surface area contributed by atoms with E-state index >= 15 is 0 Å². The van der Waals surface area contributed by atoms with Crippen molar-refractivity contribution in [2.45, 2.75) is 37.9 Å². The molecule has 0 radical (unpaired) electrons. The Balaban J connectivity index is 2.19. The number of nitrogen functional groups attached to an aromatic ring is 1. The highest BCUT2D eigenvalue weighted by Gasteiger charge is 2.27. The molecule has 0 bridgehead atoms. The molecule has 1 unspecified atom stereocenters. The zero-order valence-corrected chi connectivity index (χ0v) is 12.3. The first kappa shape index (κ1) is 14.3. The molecular formula is C15H22N2OS. The minimum absolute atomic E-state index is 0.111. The summed E-state index contributed by atoms with van der Waals surface area (Å²) in [4.78, 5) is 14.6. The topological polar surface area (TPSA) is 46.3 Å². The number of hydrogen-bond acceptors (Lipinski definition) is 3. The molecule has 0 saturated carbocycles. The molecule has 4 heteroatoms. The number of anilines is 2. The molecule has 1 aromatic rings. The molecule has 1 aromatic carbocycles. The van der Waals surface area contributed by atoms with Crippen LogP contribution >= 0.6 is 11.8 Å². The fraction of sp³-hybridized carbons (Fsp3) is 0.533. The minimum atomic E-state index is 0.111. The molecule has 19 heavy (non-hydrogen) atoms. The van der Waals surface area contributed by atoms with Gasteiger partial charge in [-0.1, -0.05) is 25.5 Å². The molecule has 1 saturated heterocycles. The molecule has 2 N–H and O–H groups in total. The van der Waals surface area contributed by atoms with E-state index in [2.05, 4.69) is 6.92 Å². The van der Waals surface area contributed by atoms with Crippen molar-refractivity contribution in [2.75, 3.05) is 22.9 Å². The predicted octanol–water partition coefficient (Wildman–Crippen LogP) is 3.30. The number of benzene rings is 1. The fourth-order valence-corrected chi connectivity index (χ4v) is 3.67. The van der Waals surface area contributed by atoms with E-state index in [0.29, 0.717) is 5.69 Å². The lowest BCUT2D eigenvalue weighted by molar-refractivity contribution is -0.118. The summed E-state index contributed by atoms with van der Waals surface area (Å²) in [6, 6.07) is 7.65. The molecule has 1 aliphatic rings. The quantitative estimate of drug-likeness (QED) is 0.860. The van der Waals surface area contributed by atoms with E-state index in [9.17, 15) is 4.79 Å². The van der Waals surface area contributed by atoms with Gasteiger partial charge in [-0.25, -0.2) is 0 Å². The normalized spacial score (nSPS) is 19.1. The summed E-state index contributed by atoms with van der Waals surface area (Å²) in [6.07, 6.45) is 4.33. The molecule has 0 spiro atoms. The zero-order chi connectivity index (χ0) is 13.7.